The zero-order chi connectivity index (χ0) is 21.2. The van der Waals surface area contributed by atoms with Gasteiger partial charge < -0.3 is 9.47 Å². The van der Waals surface area contributed by atoms with Crippen LogP contribution < -0.4 is 14.0 Å². The summed E-state index contributed by atoms with van der Waals surface area (Å²) in [4.78, 5) is 12.0. The van der Waals surface area contributed by atoms with Crippen molar-refractivity contribution in [2.24, 2.45) is 0 Å². The molecule has 9 nitrogen and oxygen atoms in total. The second-order valence-corrected chi connectivity index (χ2v) is 9.50. The van der Waals surface area contributed by atoms with E-state index < -0.39 is 29.7 Å². The molecule has 0 aliphatic rings. The first kappa shape index (κ1) is 20.6. The van der Waals surface area contributed by atoms with Gasteiger partial charge in [0.15, 0.2) is 9.57 Å². The molecule has 1 N–H and O–H groups in total. The van der Waals surface area contributed by atoms with Crippen molar-refractivity contribution in [1.82, 2.24) is 5.10 Å². The molecule has 0 fully saturated rings. The standard InChI is InChI=1S/C18H17N2O7S2/c1-26-13-7-3-5-9-15(13)28(22,23)17-11-12-18(20(21)19-17)29(24,25)16-10-6-4-8-14(16)27-2/h3-12H,1-2H3,(H,19,21)/q+1. The number of hydrogen-bond acceptors (Lipinski definition) is 7. The third-order valence-electron chi connectivity index (χ3n) is 4.07. The highest BCUT2D eigenvalue weighted by atomic mass is 32.2. The predicted octanol–water partition coefficient (Wildman–Crippen LogP) is 1.61. The molecule has 11 heteroatoms. The van der Waals surface area contributed by atoms with Gasteiger partial charge in [-0.05, 0) is 30.3 Å². The van der Waals surface area contributed by atoms with Crippen LogP contribution in [0.4, 0.5) is 0 Å². The number of aromatic nitrogens is 2. The van der Waals surface area contributed by atoms with E-state index in [1.165, 1.54) is 50.6 Å². The van der Waals surface area contributed by atoms with Crippen molar-refractivity contribution < 1.29 is 30.9 Å². The van der Waals surface area contributed by atoms with Crippen LogP contribution >= 0.6 is 0 Å². The Morgan fingerprint density at radius 2 is 1.21 bits per heavy atom. The molecule has 0 aliphatic heterocycles. The molecule has 0 saturated carbocycles. The van der Waals surface area contributed by atoms with E-state index in [0.717, 1.165) is 12.1 Å². The van der Waals surface area contributed by atoms with E-state index in [1.54, 1.807) is 12.1 Å². The lowest BCUT2D eigenvalue weighted by molar-refractivity contribution is -0.610. The smallest absolute Gasteiger partial charge is 0.386 e. The minimum absolute atomic E-state index is 0.0539. The quantitative estimate of drug-likeness (QED) is 0.581. The molecule has 0 amide bonds. The Kier molecular flexibility index (Phi) is 5.44. The van der Waals surface area contributed by atoms with Gasteiger partial charge >= 0.3 is 5.03 Å². The molecule has 0 spiro atoms. The average Bonchev–Trinajstić information content (AvgIpc) is 2.73. The predicted molar refractivity (Wildman–Crippen MR) is 101 cm³/mol. The average molecular weight is 437 g/mol. The summed E-state index contributed by atoms with van der Waals surface area (Å²) in [7, 11) is -5.83. The maximum atomic E-state index is 12.9. The summed E-state index contributed by atoms with van der Waals surface area (Å²) in [6.45, 7) is 0. The molecule has 1 aromatic heterocycles. The lowest BCUT2D eigenvalue weighted by Gasteiger charge is -2.08. The van der Waals surface area contributed by atoms with Crippen LogP contribution in [-0.4, -0.2) is 36.2 Å². The number of rotatable bonds is 6. The van der Waals surface area contributed by atoms with Gasteiger partial charge in [-0.3, -0.25) is 0 Å². The van der Waals surface area contributed by atoms with Gasteiger partial charge in [-0.25, -0.2) is 16.8 Å². The van der Waals surface area contributed by atoms with Crippen LogP contribution in [0.1, 0.15) is 0 Å². The molecule has 0 unspecified atom stereocenters. The van der Waals surface area contributed by atoms with E-state index in [1.807, 2.05) is 0 Å². The summed E-state index contributed by atoms with van der Waals surface area (Å²) in [6.07, 6.45) is 0. The molecule has 1 heterocycles. The Labute approximate surface area is 167 Å². The minimum Gasteiger partial charge on any atom is -0.495 e. The van der Waals surface area contributed by atoms with Crippen molar-refractivity contribution in [3.63, 3.8) is 0 Å². The minimum atomic E-state index is -4.28. The maximum Gasteiger partial charge on any atom is 0.386 e. The lowest BCUT2D eigenvalue weighted by atomic mass is 10.3. The summed E-state index contributed by atoms with van der Waals surface area (Å²) in [5.74, 6) is 0.141. The first-order chi connectivity index (χ1) is 13.7. The SMILES string of the molecule is COc1ccccc1S(=O)(=O)c1ccc(S(=O)(=O)c2ccccc2OC)[n+](=O)[nH]1. The monoisotopic (exact) mass is 437 g/mol. The fourth-order valence-electron chi connectivity index (χ4n) is 2.67. The number of para-hydroxylation sites is 2. The number of ether oxygens (including phenoxy) is 2. The molecular weight excluding hydrogens is 420 g/mol. The van der Waals surface area contributed by atoms with Gasteiger partial charge in [0, 0.05) is 6.07 Å². The third kappa shape index (κ3) is 3.61. The number of aromatic amines is 1. The van der Waals surface area contributed by atoms with Crippen LogP contribution in [0.2, 0.25) is 0 Å². The zero-order valence-electron chi connectivity index (χ0n) is 15.4. The molecular formula is C18H17N2O7S2+. The highest BCUT2D eigenvalue weighted by molar-refractivity contribution is 7.91. The summed E-state index contributed by atoms with van der Waals surface area (Å²) in [5, 5.41) is 0.907. The van der Waals surface area contributed by atoms with Crippen molar-refractivity contribution >= 4 is 19.7 Å². The third-order valence-corrected chi connectivity index (χ3v) is 7.56. The van der Waals surface area contributed by atoms with Crippen LogP contribution in [0, 0.1) is 4.91 Å². The number of nitrogens with zero attached hydrogens (tertiary/aromatic N) is 1. The number of methoxy groups -OCH3 is 2. The second kappa shape index (κ2) is 7.68. The van der Waals surface area contributed by atoms with E-state index >= 15 is 0 Å². The van der Waals surface area contributed by atoms with Crippen molar-refractivity contribution in [3.05, 3.63) is 65.6 Å². The summed E-state index contributed by atoms with van der Waals surface area (Å²) >= 11 is 0. The molecule has 0 saturated heterocycles. The Morgan fingerprint density at radius 3 is 1.69 bits per heavy atom. The van der Waals surface area contributed by atoms with Crippen LogP contribution in [-0.2, 0) is 19.7 Å². The van der Waals surface area contributed by atoms with E-state index in [-0.39, 0.29) is 25.8 Å². The molecule has 0 aliphatic carbocycles. The maximum absolute atomic E-state index is 12.9. The van der Waals surface area contributed by atoms with E-state index in [2.05, 4.69) is 5.10 Å². The van der Waals surface area contributed by atoms with Crippen LogP contribution in [0.5, 0.6) is 11.5 Å². The van der Waals surface area contributed by atoms with Crippen LogP contribution in [0.25, 0.3) is 0 Å². The summed E-state index contributed by atoms with van der Waals surface area (Å²) < 4.78 is 61.5. The first-order valence-electron chi connectivity index (χ1n) is 8.15. The number of nitrogens with one attached hydrogen (secondary N) is 1. The molecule has 29 heavy (non-hydrogen) atoms. The fourth-order valence-corrected chi connectivity index (χ4v) is 5.44. The molecule has 3 rings (SSSR count). The van der Waals surface area contributed by atoms with Crippen molar-refractivity contribution in [2.75, 3.05) is 14.2 Å². The molecule has 0 radical (unpaired) electrons. The zero-order valence-corrected chi connectivity index (χ0v) is 17.0. The number of H-pyrrole nitrogens is 1. The van der Waals surface area contributed by atoms with Gasteiger partial charge in [-0.2, -0.15) is 0 Å². The van der Waals surface area contributed by atoms with E-state index in [0.29, 0.717) is 0 Å². The number of hydrogen-bond donors (Lipinski definition) is 1. The van der Waals surface area contributed by atoms with Gasteiger partial charge in [0.2, 0.25) is 9.84 Å². The summed E-state index contributed by atoms with van der Waals surface area (Å²) in [6, 6.07) is 13.6. The van der Waals surface area contributed by atoms with Gasteiger partial charge in [-0.1, -0.05) is 24.3 Å². The fraction of sp³-hybridized carbons (Fsp3) is 0.111. The molecule has 0 atom stereocenters. The second-order valence-electron chi connectivity index (χ2n) is 5.75. The van der Waals surface area contributed by atoms with Crippen molar-refractivity contribution in [3.8, 4) is 11.5 Å². The number of benzene rings is 2. The molecule has 3 aromatic rings. The van der Waals surface area contributed by atoms with Gasteiger partial charge in [0.25, 0.3) is 9.84 Å². The Balaban J connectivity index is 2.14. The van der Waals surface area contributed by atoms with Gasteiger partial charge in [0.1, 0.15) is 21.3 Å². The normalized spacial score (nSPS) is 11.8. The van der Waals surface area contributed by atoms with Crippen molar-refractivity contribution in [2.45, 2.75) is 19.8 Å². The molecule has 152 valence electrons. The highest BCUT2D eigenvalue weighted by Crippen LogP contribution is 2.29. The van der Waals surface area contributed by atoms with Crippen LogP contribution in [0.3, 0.4) is 0 Å². The topological polar surface area (TPSA) is 126 Å². The lowest BCUT2D eigenvalue weighted by Crippen LogP contribution is -2.30. The Morgan fingerprint density at radius 1 is 0.724 bits per heavy atom. The first-order valence-corrected chi connectivity index (χ1v) is 11.1. The van der Waals surface area contributed by atoms with Crippen LogP contribution in [0.15, 0.2) is 80.5 Å². The van der Waals surface area contributed by atoms with Gasteiger partial charge in [-0.15, -0.1) is 5.10 Å². The summed E-state index contributed by atoms with van der Waals surface area (Å²) in [5.41, 5.74) is 0. The molecule has 2 aromatic carbocycles. The van der Waals surface area contributed by atoms with Crippen molar-refractivity contribution in [1.29, 1.82) is 0 Å². The number of sulfone groups is 2. The Hall–Kier alpha value is -3.18. The molecule has 0 bridgehead atoms. The van der Waals surface area contributed by atoms with Gasteiger partial charge in [0.05, 0.1) is 19.1 Å². The highest BCUT2D eigenvalue weighted by Gasteiger charge is 2.34. The largest absolute Gasteiger partial charge is 0.495 e. The van der Waals surface area contributed by atoms with E-state index in [4.69, 9.17) is 9.47 Å². The Bertz CT molecular complexity index is 1330. The van der Waals surface area contributed by atoms with E-state index in [9.17, 15) is 21.7 Å².